The maximum atomic E-state index is 13.3. The Bertz CT molecular complexity index is 1490. The van der Waals surface area contributed by atoms with E-state index in [2.05, 4.69) is 5.32 Å². The highest BCUT2D eigenvalue weighted by atomic mass is 35.5. The Morgan fingerprint density at radius 3 is 2.30 bits per heavy atom. The zero-order valence-electron chi connectivity index (χ0n) is 21.7. The highest BCUT2D eigenvalue weighted by molar-refractivity contribution is 6.30. The van der Waals surface area contributed by atoms with Crippen LogP contribution >= 0.6 is 11.6 Å². The molecular formula is C30H26ClNO8. The lowest BCUT2D eigenvalue weighted by atomic mass is 9.65. The summed E-state index contributed by atoms with van der Waals surface area (Å²) in [6.07, 6.45) is 3.14. The number of halogens is 1. The monoisotopic (exact) mass is 563 g/mol. The van der Waals surface area contributed by atoms with Gasteiger partial charge < -0.3 is 34.1 Å². The van der Waals surface area contributed by atoms with Crippen LogP contribution in [0.15, 0.2) is 54.6 Å². The molecule has 0 aromatic heterocycles. The van der Waals surface area contributed by atoms with Crippen molar-refractivity contribution in [2.45, 2.75) is 12.0 Å². The first kappa shape index (κ1) is 25.9. The standard InChI is InChI=1S/C30H26ClNO8/c1-36-23-9-16(10-24(37-2)29(23)34)26-18-11-21-22(40-14-39-21)12-19(18)28(20-13-38-30(35)27(20)26)32-25(33)8-5-15-3-6-17(31)7-4-15/h3-12,20,26-28,34H,13-14H2,1-2H3,(H,32,33)/b8-5+/t20-,26+,27-,28+/m0/s1. The third kappa shape index (κ3) is 4.46. The molecule has 1 fully saturated rings. The van der Waals surface area contributed by atoms with E-state index in [-0.39, 0.29) is 48.4 Å². The van der Waals surface area contributed by atoms with E-state index >= 15 is 0 Å². The molecule has 1 amide bonds. The number of benzene rings is 3. The highest BCUT2D eigenvalue weighted by Crippen LogP contribution is 2.55. The molecule has 0 unspecified atom stereocenters. The number of esters is 1. The summed E-state index contributed by atoms with van der Waals surface area (Å²) in [6.45, 7) is 0.200. The van der Waals surface area contributed by atoms with Gasteiger partial charge in [-0.25, -0.2) is 0 Å². The van der Waals surface area contributed by atoms with E-state index in [1.165, 1.54) is 20.3 Å². The molecule has 6 rings (SSSR count). The minimum atomic E-state index is -0.627. The average Bonchev–Trinajstić information content (AvgIpc) is 3.58. The molecule has 1 saturated heterocycles. The van der Waals surface area contributed by atoms with E-state index in [0.29, 0.717) is 22.1 Å². The first-order chi connectivity index (χ1) is 19.4. The summed E-state index contributed by atoms with van der Waals surface area (Å²) >= 11 is 5.96. The number of rotatable bonds is 6. The van der Waals surface area contributed by atoms with Crippen molar-refractivity contribution in [2.24, 2.45) is 11.8 Å². The summed E-state index contributed by atoms with van der Waals surface area (Å²) in [5.74, 6) is -0.819. The second-order valence-electron chi connectivity index (χ2n) is 9.78. The van der Waals surface area contributed by atoms with Crippen molar-refractivity contribution in [1.82, 2.24) is 5.32 Å². The van der Waals surface area contributed by atoms with Gasteiger partial charge in [0, 0.05) is 22.9 Å². The van der Waals surface area contributed by atoms with Crippen molar-refractivity contribution >= 4 is 29.6 Å². The van der Waals surface area contributed by atoms with E-state index in [0.717, 1.165) is 16.7 Å². The van der Waals surface area contributed by atoms with Crippen LogP contribution in [0.25, 0.3) is 6.08 Å². The molecule has 9 nitrogen and oxygen atoms in total. The summed E-state index contributed by atoms with van der Waals surface area (Å²) in [5.41, 5.74) is 3.06. The predicted octanol–water partition coefficient (Wildman–Crippen LogP) is 4.60. The Kier molecular flexibility index (Phi) is 6.67. The molecule has 3 aliphatic rings. The molecule has 4 atom stereocenters. The quantitative estimate of drug-likeness (QED) is 0.331. The number of carbonyl (C=O) groups is 2. The van der Waals surface area contributed by atoms with Crippen LogP contribution in [-0.4, -0.2) is 44.6 Å². The molecule has 3 aromatic carbocycles. The second kappa shape index (κ2) is 10.3. The summed E-state index contributed by atoms with van der Waals surface area (Å²) < 4.78 is 27.7. The number of aromatic hydroxyl groups is 1. The number of ether oxygens (including phenoxy) is 5. The molecule has 3 aromatic rings. The van der Waals surface area contributed by atoms with E-state index in [1.54, 1.807) is 30.3 Å². The van der Waals surface area contributed by atoms with Crippen LogP contribution in [0, 0.1) is 11.8 Å². The summed E-state index contributed by atoms with van der Waals surface area (Å²) in [7, 11) is 2.89. The molecular weight excluding hydrogens is 538 g/mol. The van der Waals surface area contributed by atoms with Gasteiger partial charge in [-0.2, -0.15) is 0 Å². The van der Waals surface area contributed by atoms with Gasteiger partial charge in [-0.1, -0.05) is 23.7 Å². The van der Waals surface area contributed by atoms with Crippen LogP contribution in [0.5, 0.6) is 28.7 Å². The van der Waals surface area contributed by atoms with E-state index in [4.69, 9.17) is 35.3 Å². The van der Waals surface area contributed by atoms with Crippen molar-refractivity contribution in [3.05, 3.63) is 81.9 Å². The number of cyclic esters (lactones) is 1. The Labute approximate surface area is 235 Å². The van der Waals surface area contributed by atoms with Crippen molar-refractivity contribution in [1.29, 1.82) is 0 Å². The molecule has 0 radical (unpaired) electrons. The third-order valence-corrected chi connectivity index (χ3v) is 7.90. The highest BCUT2D eigenvalue weighted by Gasteiger charge is 2.53. The smallest absolute Gasteiger partial charge is 0.310 e. The van der Waals surface area contributed by atoms with E-state index < -0.39 is 17.9 Å². The summed E-state index contributed by atoms with van der Waals surface area (Å²) in [4.78, 5) is 26.4. The summed E-state index contributed by atoms with van der Waals surface area (Å²) in [6, 6.07) is 13.7. The maximum Gasteiger partial charge on any atom is 0.310 e. The number of hydrogen-bond acceptors (Lipinski definition) is 8. The third-order valence-electron chi connectivity index (χ3n) is 7.64. The molecule has 2 heterocycles. The Balaban J connectivity index is 1.44. The van der Waals surface area contributed by atoms with Crippen LogP contribution in [0.1, 0.15) is 34.2 Å². The second-order valence-corrected chi connectivity index (χ2v) is 10.2. The first-order valence-corrected chi connectivity index (χ1v) is 13.0. The number of amides is 1. The van der Waals surface area contributed by atoms with Crippen molar-refractivity contribution < 1.29 is 38.4 Å². The molecule has 0 bridgehead atoms. The van der Waals surface area contributed by atoms with Gasteiger partial charge in [-0.05, 0) is 64.7 Å². The fourth-order valence-electron chi connectivity index (χ4n) is 5.79. The van der Waals surface area contributed by atoms with Crippen LogP contribution in [0.3, 0.4) is 0 Å². The number of fused-ring (bicyclic) bond motifs is 3. The van der Waals surface area contributed by atoms with Crippen molar-refractivity contribution in [3.63, 3.8) is 0 Å². The van der Waals surface area contributed by atoms with Gasteiger partial charge >= 0.3 is 5.97 Å². The number of hydrogen-bond donors (Lipinski definition) is 2. The maximum absolute atomic E-state index is 13.3. The zero-order valence-corrected chi connectivity index (χ0v) is 22.4. The van der Waals surface area contributed by atoms with Crippen LogP contribution in [0.2, 0.25) is 5.02 Å². The van der Waals surface area contributed by atoms with Gasteiger partial charge in [-0.15, -0.1) is 0 Å². The number of nitrogens with one attached hydrogen (secondary N) is 1. The minimum absolute atomic E-state index is 0.0690. The normalized spacial score (nSPS) is 22.4. The van der Waals surface area contributed by atoms with Gasteiger partial charge in [0.2, 0.25) is 18.4 Å². The fraction of sp³-hybridized carbons (Fsp3) is 0.267. The molecule has 0 spiro atoms. The van der Waals surface area contributed by atoms with Crippen LogP contribution in [-0.2, 0) is 14.3 Å². The Hall–Kier alpha value is -4.37. The Morgan fingerprint density at radius 1 is 1.00 bits per heavy atom. The van der Waals surface area contributed by atoms with Crippen LogP contribution in [0.4, 0.5) is 0 Å². The summed E-state index contributed by atoms with van der Waals surface area (Å²) in [5, 5.41) is 14.2. The topological polar surface area (TPSA) is 113 Å². The fourth-order valence-corrected chi connectivity index (χ4v) is 5.91. The Morgan fingerprint density at radius 2 is 1.65 bits per heavy atom. The van der Waals surface area contributed by atoms with Crippen LogP contribution < -0.4 is 24.3 Å². The number of phenols is 1. The van der Waals surface area contributed by atoms with Gasteiger partial charge in [0.25, 0.3) is 0 Å². The lowest BCUT2D eigenvalue weighted by Gasteiger charge is -2.39. The molecule has 10 heteroatoms. The molecule has 1 aliphatic carbocycles. The van der Waals surface area contributed by atoms with Gasteiger partial charge in [0.05, 0.1) is 32.8 Å². The van der Waals surface area contributed by atoms with Gasteiger partial charge in [0.1, 0.15) is 0 Å². The number of phenolic OH excluding ortho intramolecular Hbond substituents is 1. The zero-order chi connectivity index (χ0) is 28.0. The minimum Gasteiger partial charge on any atom is -0.502 e. The first-order valence-electron chi connectivity index (χ1n) is 12.7. The molecule has 2 N–H and O–H groups in total. The number of carbonyl (C=O) groups excluding carboxylic acids is 2. The van der Waals surface area contributed by atoms with E-state index in [1.807, 2.05) is 24.3 Å². The average molecular weight is 564 g/mol. The largest absolute Gasteiger partial charge is 0.502 e. The van der Waals surface area contributed by atoms with Crippen molar-refractivity contribution in [2.75, 3.05) is 27.6 Å². The lowest BCUT2D eigenvalue weighted by Crippen LogP contribution is -2.42. The molecule has 0 saturated carbocycles. The molecule has 2 aliphatic heterocycles. The van der Waals surface area contributed by atoms with Crippen molar-refractivity contribution in [3.8, 4) is 28.7 Å². The molecule has 40 heavy (non-hydrogen) atoms. The van der Waals surface area contributed by atoms with Gasteiger partial charge in [0.15, 0.2) is 23.0 Å². The predicted molar refractivity (Wildman–Crippen MR) is 145 cm³/mol. The molecule has 206 valence electrons. The SMILES string of the molecule is COc1cc([C@@H]2c3cc4c(cc3[C@@H](NC(=O)/C=C/c3ccc(Cl)cc3)[C@H]3COC(=O)[C@H]23)OCO4)cc(OC)c1O. The number of methoxy groups -OCH3 is 2. The van der Waals surface area contributed by atoms with Gasteiger partial charge in [-0.3, -0.25) is 9.59 Å². The lowest BCUT2D eigenvalue weighted by molar-refractivity contribution is -0.141. The van der Waals surface area contributed by atoms with E-state index in [9.17, 15) is 14.7 Å².